The molecule has 0 spiro atoms. The Bertz CT molecular complexity index is 498. The Hall–Kier alpha value is -1.81. The Kier molecular flexibility index (Phi) is 4.58. The average Bonchev–Trinajstić information content (AvgIpc) is 2.88. The summed E-state index contributed by atoms with van der Waals surface area (Å²) in [5, 5.41) is 6.99. The van der Waals surface area contributed by atoms with Gasteiger partial charge in [0.2, 0.25) is 0 Å². The van der Waals surface area contributed by atoms with Crippen LogP contribution < -0.4 is 10.1 Å². The molecule has 0 aliphatic rings. The van der Waals surface area contributed by atoms with Crippen LogP contribution in [0.3, 0.4) is 0 Å². The van der Waals surface area contributed by atoms with Crippen molar-refractivity contribution >= 4 is 0 Å². The predicted octanol–water partition coefficient (Wildman–Crippen LogP) is 2.98. The van der Waals surface area contributed by atoms with Crippen molar-refractivity contribution in [3.8, 4) is 5.75 Å². The van der Waals surface area contributed by atoms with Gasteiger partial charge in [-0.05, 0) is 37.1 Å². The van der Waals surface area contributed by atoms with Crippen molar-refractivity contribution in [2.24, 2.45) is 0 Å². The summed E-state index contributed by atoms with van der Waals surface area (Å²) in [7, 11) is 0. The van der Waals surface area contributed by atoms with E-state index >= 15 is 0 Å². The highest BCUT2D eigenvalue weighted by Gasteiger charge is 2.08. The molecule has 2 aromatic rings. The zero-order valence-corrected chi connectivity index (χ0v) is 11.7. The minimum Gasteiger partial charge on any atom is -0.485 e. The lowest BCUT2D eigenvalue weighted by Crippen LogP contribution is -2.12. The monoisotopic (exact) mass is 260 g/mol. The van der Waals surface area contributed by atoms with Crippen molar-refractivity contribution in [3.63, 3.8) is 0 Å². The maximum Gasteiger partial charge on any atom is 0.174 e. The van der Waals surface area contributed by atoms with E-state index in [9.17, 15) is 0 Å². The number of rotatable bonds is 6. The molecule has 1 aromatic carbocycles. The summed E-state index contributed by atoms with van der Waals surface area (Å²) >= 11 is 0. The van der Waals surface area contributed by atoms with Gasteiger partial charge in [-0.1, -0.05) is 24.2 Å². The topological polar surface area (TPSA) is 47.3 Å². The first-order chi connectivity index (χ1) is 9.20. The lowest BCUT2D eigenvalue weighted by molar-refractivity contribution is 0.246. The van der Waals surface area contributed by atoms with E-state index in [-0.39, 0.29) is 0 Å². The molecule has 0 aliphatic heterocycles. The number of aromatic nitrogens is 1. The number of benzene rings is 1. The van der Waals surface area contributed by atoms with Crippen molar-refractivity contribution in [3.05, 3.63) is 46.8 Å². The smallest absolute Gasteiger partial charge is 0.174 e. The second-order valence-electron chi connectivity index (χ2n) is 4.61. The van der Waals surface area contributed by atoms with E-state index in [2.05, 4.69) is 43.4 Å². The maximum atomic E-state index is 5.82. The molecule has 4 heteroatoms. The van der Waals surface area contributed by atoms with Crippen molar-refractivity contribution in [2.75, 3.05) is 6.54 Å². The molecule has 0 saturated heterocycles. The van der Waals surface area contributed by atoms with E-state index in [1.807, 2.05) is 6.07 Å². The van der Waals surface area contributed by atoms with E-state index in [0.29, 0.717) is 6.61 Å². The zero-order chi connectivity index (χ0) is 13.7. The normalized spacial score (nSPS) is 10.7. The largest absolute Gasteiger partial charge is 0.485 e. The predicted molar refractivity (Wildman–Crippen MR) is 74.1 cm³/mol. The molecule has 4 nitrogen and oxygen atoms in total. The van der Waals surface area contributed by atoms with E-state index in [0.717, 1.165) is 35.7 Å². The molecule has 0 bridgehead atoms. The van der Waals surface area contributed by atoms with Gasteiger partial charge in [0.25, 0.3) is 0 Å². The summed E-state index contributed by atoms with van der Waals surface area (Å²) in [6, 6.07) is 6.13. The summed E-state index contributed by atoms with van der Waals surface area (Å²) in [6.45, 7) is 8.52. The first kappa shape index (κ1) is 13.6. The number of aryl methyl sites for hydroxylation is 2. The molecular formula is C15H20N2O2. The van der Waals surface area contributed by atoms with Gasteiger partial charge in [-0.3, -0.25) is 0 Å². The average molecular weight is 260 g/mol. The van der Waals surface area contributed by atoms with Gasteiger partial charge >= 0.3 is 0 Å². The highest BCUT2D eigenvalue weighted by molar-refractivity contribution is 5.43. The third-order valence-corrected chi connectivity index (χ3v) is 2.95. The molecule has 0 fully saturated rings. The molecule has 0 aliphatic carbocycles. The van der Waals surface area contributed by atoms with Gasteiger partial charge in [-0.15, -0.1) is 0 Å². The second kappa shape index (κ2) is 6.38. The first-order valence-corrected chi connectivity index (χ1v) is 6.54. The Morgan fingerprint density at radius 3 is 2.58 bits per heavy atom. The number of nitrogens with zero attached hydrogens (tertiary/aromatic N) is 1. The lowest BCUT2D eigenvalue weighted by Gasteiger charge is -2.13. The van der Waals surface area contributed by atoms with Gasteiger partial charge < -0.3 is 14.6 Å². The molecule has 0 amide bonds. The number of ether oxygens (including phenoxy) is 1. The summed E-state index contributed by atoms with van der Waals surface area (Å²) in [5.74, 6) is 1.66. The van der Waals surface area contributed by atoms with Crippen LogP contribution in [0.2, 0.25) is 0 Å². The van der Waals surface area contributed by atoms with Gasteiger partial charge in [-0.25, -0.2) is 0 Å². The summed E-state index contributed by atoms with van der Waals surface area (Å²) < 4.78 is 10.8. The van der Waals surface area contributed by atoms with Crippen LogP contribution in [0.5, 0.6) is 5.75 Å². The molecule has 102 valence electrons. The second-order valence-corrected chi connectivity index (χ2v) is 4.61. The molecule has 0 unspecified atom stereocenters. The molecule has 0 saturated carbocycles. The maximum absolute atomic E-state index is 5.82. The minimum atomic E-state index is 0.411. The molecule has 0 atom stereocenters. The zero-order valence-electron chi connectivity index (χ0n) is 11.7. The van der Waals surface area contributed by atoms with Gasteiger partial charge in [0.05, 0.1) is 6.20 Å². The molecule has 0 radical (unpaired) electrons. The Morgan fingerprint density at radius 1 is 1.26 bits per heavy atom. The van der Waals surface area contributed by atoms with Crippen molar-refractivity contribution in [2.45, 2.75) is 33.9 Å². The van der Waals surface area contributed by atoms with Crippen LogP contribution in [-0.2, 0) is 13.2 Å². The van der Waals surface area contributed by atoms with E-state index in [1.54, 1.807) is 6.20 Å². The van der Waals surface area contributed by atoms with Crippen LogP contribution in [-0.4, -0.2) is 11.7 Å². The Balaban J connectivity index is 2.08. The SMILES string of the molecule is CCNCc1cc(C)c(OCc2ccno2)c(C)c1. The highest BCUT2D eigenvalue weighted by Crippen LogP contribution is 2.25. The third-order valence-electron chi connectivity index (χ3n) is 2.95. The van der Waals surface area contributed by atoms with Crippen LogP contribution in [0, 0.1) is 13.8 Å². The highest BCUT2D eigenvalue weighted by atomic mass is 16.5. The molecule has 2 rings (SSSR count). The van der Waals surface area contributed by atoms with Gasteiger partial charge in [0.1, 0.15) is 12.4 Å². The minimum absolute atomic E-state index is 0.411. The van der Waals surface area contributed by atoms with Crippen LogP contribution in [0.15, 0.2) is 28.9 Å². The van der Waals surface area contributed by atoms with Gasteiger partial charge in [-0.2, -0.15) is 0 Å². The van der Waals surface area contributed by atoms with Crippen molar-refractivity contribution in [1.82, 2.24) is 10.5 Å². The van der Waals surface area contributed by atoms with Crippen LogP contribution >= 0.6 is 0 Å². The fraction of sp³-hybridized carbons (Fsp3) is 0.400. The van der Waals surface area contributed by atoms with E-state index in [4.69, 9.17) is 9.26 Å². The first-order valence-electron chi connectivity index (χ1n) is 6.54. The number of nitrogens with one attached hydrogen (secondary N) is 1. The molecule has 1 N–H and O–H groups in total. The quantitative estimate of drug-likeness (QED) is 0.867. The summed E-state index contributed by atoms with van der Waals surface area (Å²) in [6.07, 6.45) is 1.62. The van der Waals surface area contributed by atoms with Crippen LogP contribution in [0.4, 0.5) is 0 Å². The molecule has 1 heterocycles. The molecular weight excluding hydrogens is 240 g/mol. The van der Waals surface area contributed by atoms with Crippen molar-refractivity contribution < 1.29 is 9.26 Å². The van der Waals surface area contributed by atoms with Crippen LogP contribution in [0.1, 0.15) is 29.4 Å². The van der Waals surface area contributed by atoms with Gasteiger partial charge in [0.15, 0.2) is 5.76 Å². The molecule has 1 aromatic heterocycles. The fourth-order valence-electron chi connectivity index (χ4n) is 2.10. The Morgan fingerprint density at radius 2 is 2.00 bits per heavy atom. The van der Waals surface area contributed by atoms with Crippen molar-refractivity contribution in [1.29, 1.82) is 0 Å². The molecule has 19 heavy (non-hydrogen) atoms. The van der Waals surface area contributed by atoms with Gasteiger partial charge in [0, 0.05) is 12.6 Å². The summed E-state index contributed by atoms with van der Waals surface area (Å²) in [5.41, 5.74) is 3.57. The fourth-order valence-corrected chi connectivity index (χ4v) is 2.10. The standard InChI is InChI=1S/C15H20N2O2/c1-4-16-9-13-7-11(2)15(12(3)8-13)18-10-14-5-6-17-19-14/h5-8,16H,4,9-10H2,1-3H3. The Labute approximate surface area is 113 Å². The lowest BCUT2D eigenvalue weighted by atomic mass is 10.1. The summed E-state index contributed by atoms with van der Waals surface area (Å²) in [4.78, 5) is 0. The van der Waals surface area contributed by atoms with E-state index in [1.165, 1.54) is 5.56 Å². The van der Waals surface area contributed by atoms with Crippen LogP contribution in [0.25, 0.3) is 0 Å². The van der Waals surface area contributed by atoms with E-state index < -0.39 is 0 Å². The third kappa shape index (κ3) is 3.58. The number of hydrogen-bond acceptors (Lipinski definition) is 4. The number of hydrogen-bond donors (Lipinski definition) is 1.